The third-order valence-corrected chi connectivity index (χ3v) is 3.36. The lowest BCUT2D eigenvalue weighted by Gasteiger charge is -2.36. The summed E-state index contributed by atoms with van der Waals surface area (Å²) in [5.74, 6) is 0.0565. The summed E-state index contributed by atoms with van der Waals surface area (Å²) in [7, 11) is 0. The minimum Gasteiger partial charge on any atom is -0.396 e. The van der Waals surface area contributed by atoms with Gasteiger partial charge < -0.3 is 14.9 Å². The second-order valence-corrected chi connectivity index (χ2v) is 4.68. The molecule has 0 saturated carbocycles. The van der Waals surface area contributed by atoms with Gasteiger partial charge in [-0.25, -0.2) is 0 Å². The van der Waals surface area contributed by atoms with Gasteiger partial charge in [0.25, 0.3) is 0 Å². The monoisotopic (exact) mass is 248 g/mol. The number of piperazine rings is 1. The molecule has 1 fully saturated rings. The molecule has 0 radical (unpaired) electrons. The van der Waals surface area contributed by atoms with Gasteiger partial charge in [0.05, 0.1) is 6.61 Å². The SMILES string of the molecule is Cc1ccc(N2CCN(C(=O)CCO)CC2)cc1. The molecule has 0 spiro atoms. The van der Waals surface area contributed by atoms with Gasteiger partial charge in [-0.05, 0) is 19.1 Å². The summed E-state index contributed by atoms with van der Waals surface area (Å²) in [5, 5.41) is 8.77. The van der Waals surface area contributed by atoms with Crippen LogP contribution in [0, 0.1) is 6.92 Å². The van der Waals surface area contributed by atoms with Crippen LogP contribution < -0.4 is 4.90 Å². The lowest BCUT2D eigenvalue weighted by atomic mass is 10.2. The maximum Gasteiger partial charge on any atom is 0.225 e. The Bertz CT molecular complexity index is 395. The molecule has 1 amide bonds. The Hall–Kier alpha value is -1.55. The number of aliphatic hydroxyl groups excluding tert-OH is 1. The van der Waals surface area contributed by atoms with E-state index in [1.807, 2.05) is 4.90 Å². The van der Waals surface area contributed by atoms with Crippen molar-refractivity contribution in [1.82, 2.24) is 4.90 Å². The Morgan fingerprint density at radius 3 is 2.33 bits per heavy atom. The molecule has 0 atom stereocenters. The number of amides is 1. The molecule has 0 unspecified atom stereocenters. The number of carbonyl (C=O) groups is 1. The second kappa shape index (κ2) is 5.87. The van der Waals surface area contributed by atoms with Crippen molar-refractivity contribution in [3.05, 3.63) is 29.8 Å². The van der Waals surface area contributed by atoms with Crippen molar-refractivity contribution in [3.63, 3.8) is 0 Å². The Balaban J connectivity index is 1.90. The highest BCUT2D eigenvalue weighted by atomic mass is 16.3. The molecule has 1 aliphatic heterocycles. The first-order valence-electron chi connectivity index (χ1n) is 6.41. The van der Waals surface area contributed by atoms with Crippen LogP contribution in [-0.4, -0.2) is 48.7 Å². The van der Waals surface area contributed by atoms with E-state index < -0.39 is 0 Å². The van der Waals surface area contributed by atoms with Crippen LogP contribution >= 0.6 is 0 Å². The van der Waals surface area contributed by atoms with E-state index in [1.54, 1.807) is 0 Å². The highest BCUT2D eigenvalue weighted by molar-refractivity contribution is 5.76. The standard InChI is InChI=1S/C14H20N2O2/c1-12-2-4-13(5-3-12)15-7-9-16(10-8-15)14(18)6-11-17/h2-5,17H,6-11H2,1H3. The molecule has 18 heavy (non-hydrogen) atoms. The van der Waals surface area contributed by atoms with Gasteiger partial charge in [-0.15, -0.1) is 0 Å². The average molecular weight is 248 g/mol. The van der Waals surface area contributed by atoms with Crippen LogP contribution in [0.25, 0.3) is 0 Å². The van der Waals surface area contributed by atoms with E-state index in [0.29, 0.717) is 0 Å². The molecular weight excluding hydrogens is 228 g/mol. The summed E-state index contributed by atoms with van der Waals surface area (Å²) >= 11 is 0. The van der Waals surface area contributed by atoms with Crippen molar-refractivity contribution in [2.24, 2.45) is 0 Å². The molecule has 0 bridgehead atoms. The molecule has 4 heteroatoms. The number of rotatable bonds is 3. The van der Waals surface area contributed by atoms with Crippen molar-refractivity contribution in [2.75, 3.05) is 37.7 Å². The Kier molecular flexibility index (Phi) is 4.20. The van der Waals surface area contributed by atoms with Crippen LogP contribution in [0.1, 0.15) is 12.0 Å². The molecule has 1 heterocycles. The van der Waals surface area contributed by atoms with Gasteiger partial charge >= 0.3 is 0 Å². The molecule has 1 N–H and O–H groups in total. The summed E-state index contributed by atoms with van der Waals surface area (Å²) in [6, 6.07) is 8.47. The predicted octanol–water partition coefficient (Wildman–Crippen LogP) is 1.03. The van der Waals surface area contributed by atoms with E-state index >= 15 is 0 Å². The Morgan fingerprint density at radius 1 is 1.17 bits per heavy atom. The van der Waals surface area contributed by atoms with E-state index in [9.17, 15) is 4.79 Å². The van der Waals surface area contributed by atoms with Crippen molar-refractivity contribution < 1.29 is 9.90 Å². The molecule has 1 aliphatic rings. The molecule has 4 nitrogen and oxygen atoms in total. The number of hydrogen-bond acceptors (Lipinski definition) is 3. The van der Waals surface area contributed by atoms with Gasteiger partial charge in [0, 0.05) is 38.3 Å². The highest BCUT2D eigenvalue weighted by Gasteiger charge is 2.20. The number of benzene rings is 1. The normalized spacial score (nSPS) is 15.9. The molecule has 98 valence electrons. The van der Waals surface area contributed by atoms with Crippen LogP contribution in [0.4, 0.5) is 5.69 Å². The summed E-state index contributed by atoms with van der Waals surface area (Å²) < 4.78 is 0. The summed E-state index contributed by atoms with van der Waals surface area (Å²) in [6.07, 6.45) is 0.241. The highest BCUT2D eigenvalue weighted by Crippen LogP contribution is 2.17. The van der Waals surface area contributed by atoms with Crippen LogP contribution in [-0.2, 0) is 4.79 Å². The second-order valence-electron chi connectivity index (χ2n) is 4.68. The van der Waals surface area contributed by atoms with Gasteiger partial charge in [-0.1, -0.05) is 17.7 Å². The summed E-state index contributed by atoms with van der Waals surface area (Å²) in [4.78, 5) is 15.8. The molecule has 0 aromatic heterocycles. The first-order valence-corrected chi connectivity index (χ1v) is 6.41. The fraction of sp³-hybridized carbons (Fsp3) is 0.500. The van der Waals surface area contributed by atoms with Gasteiger partial charge in [0.2, 0.25) is 5.91 Å². The van der Waals surface area contributed by atoms with Crippen LogP contribution in [0.5, 0.6) is 0 Å². The lowest BCUT2D eigenvalue weighted by molar-refractivity contribution is -0.132. The summed E-state index contributed by atoms with van der Waals surface area (Å²) in [6.45, 7) is 5.23. The smallest absolute Gasteiger partial charge is 0.225 e. The zero-order valence-electron chi connectivity index (χ0n) is 10.8. The zero-order chi connectivity index (χ0) is 13.0. The molecule has 1 saturated heterocycles. The van der Waals surface area contributed by atoms with E-state index in [4.69, 9.17) is 5.11 Å². The van der Waals surface area contributed by atoms with E-state index in [1.165, 1.54) is 11.3 Å². The molecule has 0 aliphatic carbocycles. The number of nitrogens with zero attached hydrogens (tertiary/aromatic N) is 2. The third-order valence-electron chi connectivity index (χ3n) is 3.36. The van der Waals surface area contributed by atoms with Crippen molar-refractivity contribution in [3.8, 4) is 0 Å². The number of anilines is 1. The quantitative estimate of drug-likeness (QED) is 0.868. The lowest BCUT2D eigenvalue weighted by Crippen LogP contribution is -2.48. The summed E-state index contributed by atoms with van der Waals surface area (Å²) in [5.41, 5.74) is 2.48. The molecule has 2 rings (SSSR count). The molecule has 1 aromatic carbocycles. The van der Waals surface area contributed by atoms with Crippen LogP contribution in [0.15, 0.2) is 24.3 Å². The first-order chi connectivity index (χ1) is 8.70. The number of aliphatic hydroxyl groups is 1. The van der Waals surface area contributed by atoms with Gasteiger partial charge in [0.1, 0.15) is 0 Å². The Labute approximate surface area is 108 Å². The zero-order valence-corrected chi connectivity index (χ0v) is 10.8. The Morgan fingerprint density at radius 2 is 1.78 bits per heavy atom. The van der Waals surface area contributed by atoms with Gasteiger partial charge in [0.15, 0.2) is 0 Å². The van der Waals surface area contributed by atoms with Gasteiger partial charge in [-0.3, -0.25) is 4.79 Å². The topological polar surface area (TPSA) is 43.8 Å². The van der Waals surface area contributed by atoms with Crippen molar-refractivity contribution >= 4 is 11.6 Å². The minimum atomic E-state index is -0.0585. The number of hydrogen-bond donors (Lipinski definition) is 1. The molecular formula is C14H20N2O2. The fourth-order valence-corrected chi connectivity index (χ4v) is 2.22. The van der Waals surface area contributed by atoms with E-state index in [-0.39, 0.29) is 18.9 Å². The van der Waals surface area contributed by atoms with Gasteiger partial charge in [-0.2, -0.15) is 0 Å². The predicted molar refractivity (Wildman–Crippen MR) is 71.7 cm³/mol. The maximum atomic E-state index is 11.6. The fourth-order valence-electron chi connectivity index (χ4n) is 2.22. The van der Waals surface area contributed by atoms with Crippen molar-refractivity contribution in [1.29, 1.82) is 0 Å². The average Bonchev–Trinajstić information content (AvgIpc) is 2.40. The number of carbonyl (C=O) groups excluding carboxylic acids is 1. The number of aryl methyl sites for hydroxylation is 1. The van der Waals surface area contributed by atoms with Crippen molar-refractivity contribution in [2.45, 2.75) is 13.3 Å². The van der Waals surface area contributed by atoms with Crippen LogP contribution in [0.2, 0.25) is 0 Å². The third kappa shape index (κ3) is 3.01. The van der Waals surface area contributed by atoms with E-state index in [2.05, 4.69) is 36.1 Å². The molecule has 1 aromatic rings. The largest absolute Gasteiger partial charge is 0.396 e. The minimum absolute atomic E-state index is 0.0565. The van der Waals surface area contributed by atoms with Crippen LogP contribution in [0.3, 0.4) is 0 Å². The maximum absolute atomic E-state index is 11.6. The first kappa shape index (κ1) is 12.9. The van der Waals surface area contributed by atoms with E-state index in [0.717, 1.165) is 26.2 Å².